The predicted octanol–water partition coefficient (Wildman–Crippen LogP) is 4.80. The van der Waals surface area contributed by atoms with Crippen LogP contribution in [0.2, 0.25) is 15.1 Å². The third-order valence-corrected chi connectivity index (χ3v) is 5.16. The minimum Gasteiger partial charge on any atom is -0.306 e. The second-order valence-electron chi connectivity index (χ2n) is 5.57. The van der Waals surface area contributed by atoms with E-state index in [0.29, 0.717) is 21.6 Å². The van der Waals surface area contributed by atoms with Gasteiger partial charge in [-0.1, -0.05) is 40.9 Å². The maximum absolute atomic E-state index is 12.2. The SMILES string of the molecule is Cc1nn(CC(=O)Nc2nn(Cc3ccc(Cl)cc3Cl)cc2Cl)cc1Br. The van der Waals surface area contributed by atoms with Gasteiger partial charge in [0.1, 0.15) is 11.6 Å². The zero-order chi connectivity index (χ0) is 18.8. The molecule has 2 aromatic heterocycles. The van der Waals surface area contributed by atoms with Crippen LogP contribution in [0.4, 0.5) is 5.82 Å². The third-order valence-electron chi connectivity index (χ3n) is 3.51. The highest BCUT2D eigenvalue weighted by molar-refractivity contribution is 9.10. The summed E-state index contributed by atoms with van der Waals surface area (Å²) >= 11 is 21.6. The number of carbonyl (C=O) groups excluding carboxylic acids is 1. The second kappa shape index (κ2) is 8.00. The average Bonchev–Trinajstić information content (AvgIpc) is 3.04. The second-order valence-corrected chi connectivity index (χ2v) is 7.67. The van der Waals surface area contributed by atoms with Crippen LogP contribution in [0.25, 0.3) is 0 Å². The fourth-order valence-electron chi connectivity index (χ4n) is 2.28. The maximum Gasteiger partial charge on any atom is 0.247 e. The summed E-state index contributed by atoms with van der Waals surface area (Å²) in [5.74, 6) is 0.00127. The molecule has 0 aliphatic carbocycles. The molecule has 0 unspecified atom stereocenters. The minimum absolute atomic E-state index is 0.0542. The molecule has 0 bridgehead atoms. The van der Waals surface area contributed by atoms with Crippen LogP contribution in [-0.4, -0.2) is 25.5 Å². The van der Waals surface area contributed by atoms with Crippen LogP contribution in [0.3, 0.4) is 0 Å². The molecule has 2 heterocycles. The Kier molecular flexibility index (Phi) is 5.92. The fraction of sp³-hybridized carbons (Fsp3) is 0.188. The molecule has 0 atom stereocenters. The molecule has 0 aliphatic heterocycles. The van der Waals surface area contributed by atoms with Gasteiger partial charge in [0.25, 0.3) is 0 Å². The van der Waals surface area contributed by atoms with Gasteiger partial charge in [0.2, 0.25) is 5.91 Å². The Balaban J connectivity index is 1.68. The van der Waals surface area contributed by atoms with Crippen LogP contribution < -0.4 is 5.32 Å². The number of carbonyl (C=O) groups is 1. The molecule has 0 spiro atoms. The van der Waals surface area contributed by atoms with E-state index in [4.69, 9.17) is 34.8 Å². The maximum atomic E-state index is 12.2. The van der Waals surface area contributed by atoms with Gasteiger partial charge in [0.05, 0.1) is 16.7 Å². The Bertz CT molecular complexity index is 949. The molecule has 0 fully saturated rings. The van der Waals surface area contributed by atoms with Crippen molar-refractivity contribution in [1.29, 1.82) is 0 Å². The molecule has 1 aromatic carbocycles. The molecule has 1 N–H and O–H groups in total. The van der Waals surface area contributed by atoms with Crippen LogP contribution in [0, 0.1) is 6.92 Å². The molecule has 136 valence electrons. The molecule has 6 nitrogen and oxygen atoms in total. The third kappa shape index (κ3) is 4.59. The highest BCUT2D eigenvalue weighted by Gasteiger charge is 2.13. The van der Waals surface area contributed by atoms with Crippen LogP contribution in [-0.2, 0) is 17.9 Å². The lowest BCUT2D eigenvalue weighted by Crippen LogP contribution is -2.19. The number of hydrogen-bond donors (Lipinski definition) is 1. The Morgan fingerprint density at radius 3 is 2.58 bits per heavy atom. The van der Waals surface area contributed by atoms with Crippen LogP contribution in [0.5, 0.6) is 0 Å². The van der Waals surface area contributed by atoms with Gasteiger partial charge in [-0.25, -0.2) is 0 Å². The first-order chi connectivity index (χ1) is 12.3. The highest BCUT2D eigenvalue weighted by Crippen LogP contribution is 2.24. The number of hydrogen-bond acceptors (Lipinski definition) is 3. The lowest BCUT2D eigenvalue weighted by atomic mass is 10.2. The zero-order valence-corrected chi connectivity index (χ0v) is 17.4. The van der Waals surface area contributed by atoms with Gasteiger partial charge < -0.3 is 5.32 Å². The van der Waals surface area contributed by atoms with Crippen molar-refractivity contribution in [2.24, 2.45) is 0 Å². The first kappa shape index (κ1) is 19.2. The van der Waals surface area contributed by atoms with E-state index < -0.39 is 0 Å². The Labute approximate surface area is 173 Å². The summed E-state index contributed by atoms with van der Waals surface area (Å²) in [6.45, 7) is 2.30. The van der Waals surface area contributed by atoms with E-state index in [2.05, 4.69) is 31.4 Å². The summed E-state index contributed by atoms with van der Waals surface area (Å²) in [7, 11) is 0. The minimum atomic E-state index is -0.281. The molecular weight excluding hydrogens is 464 g/mol. The monoisotopic (exact) mass is 475 g/mol. The molecule has 26 heavy (non-hydrogen) atoms. The number of amides is 1. The average molecular weight is 478 g/mol. The van der Waals surface area contributed by atoms with Crippen molar-refractivity contribution in [2.75, 3.05) is 5.32 Å². The highest BCUT2D eigenvalue weighted by atomic mass is 79.9. The van der Waals surface area contributed by atoms with Gasteiger partial charge in [-0.15, -0.1) is 0 Å². The van der Waals surface area contributed by atoms with Crippen molar-refractivity contribution in [1.82, 2.24) is 19.6 Å². The lowest BCUT2D eigenvalue weighted by molar-refractivity contribution is -0.116. The van der Waals surface area contributed by atoms with E-state index >= 15 is 0 Å². The van der Waals surface area contributed by atoms with E-state index in [1.165, 1.54) is 4.68 Å². The van der Waals surface area contributed by atoms with Gasteiger partial charge in [-0.05, 0) is 40.5 Å². The number of halogens is 4. The molecule has 0 aliphatic rings. The van der Waals surface area contributed by atoms with E-state index in [1.807, 2.05) is 13.0 Å². The van der Waals surface area contributed by atoms with Crippen LogP contribution in [0.15, 0.2) is 35.1 Å². The van der Waals surface area contributed by atoms with E-state index in [0.717, 1.165) is 15.7 Å². The van der Waals surface area contributed by atoms with E-state index in [1.54, 1.807) is 29.2 Å². The Morgan fingerprint density at radius 2 is 1.92 bits per heavy atom. The molecule has 1 amide bonds. The molecule has 10 heteroatoms. The van der Waals surface area contributed by atoms with Gasteiger partial charge >= 0.3 is 0 Å². The quantitative estimate of drug-likeness (QED) is 0.574. The van der Waals surface area contributed by atoms with Gasteiger partial charge in [0.15, 0.2) is 5.82 Å². The number of aromatic nitrogens is 4. The summed E-state index contributed by atoms with van der Waals surface area (Å²) in [5.41, 5.74) is 1.64. The number of benzene rings is 1. The van der Waals surface area contributed by atoms with Gasteiger partial charge in [-0.2, -0.15) is 10.2 Å². The summed E-state index contributed by atoms with van der Waals surface area (Å²) in [4.78, 5) is 12.2. The number of anilines is 1. The normalized spacial score (nSPS) is 11.0. The summed E-state index contributed by atoms with van der Waals surface area (Å²) < 4.78 is 3.97. The Morgan fingerprint density at radius 1 is 1.15 bits per heavy atom. The zero-order valence-electron chi connectivity index (χ0n) is 13.5. The summed E-state index contributed by atoms with van der Waals surface area (Å²) in [6, 6.07) is 5.23. The van der Waals surface area contributed by atoms with Crippen molar-refractivity contribution in [3.63, 3.8) is 0 Å². The first-order valence-corrected chi connectivity index (χ1v) is 9.41. The number of rotatable bonds is 5. The Hall–Kier alpha value is -1.54. The van der Waals surface area contributed by atoms with Crippen molar-refractivity contribution in [2.45, 2.75) is 20.0 Å². The molecule has 0 saturated carbocycles. The molecule has 3 rings (SSSR count). The lowest BCUT2D eigenvalue weighted by Gasteiger charge is -2.05. The summed E-state index contributed by atoms with van der Waals surface area (Å²) in [5, 5.41) is 12.6. The smallest absolute Gasteiger partial charge is 0.247 e. The number of nitrogens with one attached hydrogen (secondary N) is 1. The van der Waals surface area contributed by atoms with Crippen molar-refractivity contribution in [3.05, 3.63) is 61.4 Å². The van der Waals surface area contributed by atoms with Crippen molar-refractivity contribution in [3.8, 4) is 0 Å². The van der Waals surface area contributed by atoms with Crippen molar-refractivity contribution < 1.29 is 4.79 Å². The largest absolute Gasteiger partial charge is 0.306 e. The number of nitrogens with zero attached hydrogens (tertiary/aromatic N) is 4. The van der Waals surface area contributed by atoms with Crippen LogP contribution >= 0.6 is 50.7 Å². The number of aryl methyl sites for hydroxylation is 1. The van der Waals surface area contributed by atoms with E-state index in [9.17, 15) is 4.79 Å². The molecule has 0 saturated heterocycles. The van der Waals surface area contributed by atoms with Crippen LogP contribution in [0.1, 0.15) is 11.3 Å². The predicted molar refractivity (Wildman–Crippen MR) is 106 cm³/mol. The topological polar surface area (TPSA) is 64.7 Å². The fourth-order valence-corrected chi connectivity index (χ4v) is 3.26. The summed E-state index contributed by atoms with van der Waals surface area (Å²) in [6.07, 6.45) is 3.36. The molecule has 0 radical (unpaired) electrons. The molecular formula is C16H13BrCl3N5O. The first-order valence-electron chi connectivity index (χ1n) is 7.48. The van der Waals surface area contributed by atoms with E-state index in [-0.39, 0.29) is 18.3 Å². The standard InChI is InChI=1S/C16H13BrCl3N5O/c1-9-12(17)6-25(22-9)8-15(26)21-16-14(20)7-24(23-16)5-10-2-3-11(18)4-13(10)19/h2-4,6-7H,5,8H2,1H3,(H,21,23,26). The van der Waals surface area contributed by atoms with Gasteiger partial charge in [-0.3, -0.25) is 14.2 Å². The molecule has 3 aromatic rings. The van der Waals surface area contributed by atoms with Gasteiger partial charge in [0, 0.05) is 22.4 Å². The van der Waals surface area contributed by atoms with Crippen molar-refractivity contribution >= 4 is 62.5 Å².